The molecule has 2 rings (SSSR count). The molecule has 0 amide bonds. The van der Waals surface area contributed by atoms with Gasteiger partial charge in [0, 0.05) is 13.2 Å². The van der Waals surface area contributed by atoms with Gasteiger partial charge in [0.25, 0.3) is 0 Å². The normalized spacial score (nSPS) is 10.8. The van der Waals surface area contributed by atoms with Gasteiger partial charge in [-0.2, -0.15) is 5.10 Å². The van der Waals surface area contributed by atoms with Gasteiger partial charge in [-0.05, 0) is 23.8 Å². The summed E-state index contributed by atoms with van der Waals surface area (Å²) >= 11 is 0. The van der Waals surface area contributed by atoms with Gasteiger partial charge in [-0.25, -0.2) is 0 Å². The Labute approximate surface area is 106 Å². The van der Waals surface area contributed by atoms with Crippen LogP contribution in [0.15, 0.2) is 42.7 Å². The monoisotopic (exact) mass is 242 g/mol. The van der Waals surface area contributed by atoms with E-state index in [1.807, 2.05) is 24.3 Å². The fourth-order valence-corrected chi connectivity index (χ4v) is 1.53. The zero-order chi connectivity index (χ0) is 13.0. The molecule has 92 valence electrons. The predicted octanol–water partition coefficient (Wildman–Crippen LogP) is 2.32. The van der Waals surface area contributed by atoms with Crippen LogP contribution in [0, 0.1) is 0 Å². The lowest BCUT2D eigenvalue weighted by Crippen LogP contribution is -1.91. The summed E-state index contributed by atoms with van der Waals surface area (Å²) < 4.78 is 6.67. The zero-order valence-electron chi connectivity index (χ0n) is 10.3. The Kier molecular flexibility index (Phi) is 3.57. The molecule has 0 aliphatic heterocycles. The summed E-state index contributed by atoms with van der Waals surface area (Å²) in [7, 11) is 3.40. The van der Waals surface area contributed by atoms with Gasteiger partial charge in [-0.15, -0.1) is 0 Å². The number of aromatic nitrogens is 2. The maximum Gasteiger partial charge on any atom is 0.189 e. The molecule has 0 unspecified atom stereocenters. The molecule has 0 fully saturated rings. The number of nitrogens with zero attached hydrogens (tertiary/aromatic N) is 2. The van der Waals surface area contributed by atoms with Crippen molar-refractivity contribution in [3.05, 3.63) is 53.9 Å². The average molecular weight is 242 g/mol. The molecule has 1 aromatic carbocycles. The van der Waals surface area contributed by atoms with E-state index in [4.69, 9.17) is 4.74 Å². The van der Waals surface area contributed by atoms with Crippen molar-refractivity contribution in [1.29, 1.82) is 0 Å². The molecule has 18 heavy (non-hydrogen) atoms. The first-order valence-electron chi connectivity index (χ1n) is 5.54. The van der Waals surface area contributed by atoms with Crippen LogP contribution in [0.3, 0.4) is 0 Å². The van der Waals surface area contributed by atoms with Crippen LogP contribution >= 0.6 is 0 Å². The van der Waals surface area contributed by atoms with E-state index in [1.165, 1.54) is 0 Å². The Morgan fingerprint density at radius 1 is 1.33 bits per heavy atom. The molecule has 0 N–H and O–H groups in total. The second-order valence-corrected chi connectivity index (χ2v) is 3.87. The summed E-state index contributed by atoms with van der Waals surface area (Å²) in [5.74, 6) is 0.740. The Hall–Kier alpha value is -2.36. The first-order valence-corrected chi connectivity index (χ1v) is 5.54. The van der Waals surface area contributed by atoms with Crippen LogP contribution in [0.5, 0.6) is 5.75 Å². The van der Waals surface area contributed by atoms with Gasteiger partial charge in [0.2, 0.25) is 0 Å². The maximum absolute atomic E-state index is 11.8. The fraction of sp³-hybridized carbons (Fsp3) is 0.143. The van der Waals surface area contributed by atoms with Crippen molar-refractivity contribution in [2.45, 2.75) is 0 Å². The van der Waals surface area contributed by atoms with E-state index < -0.39 is 0 Å². The van der Waals surface area contributed by atoms with Crippen LogP contribution in [0.25, 0.3) is 6.08 Å². The number of allylic oxidation sites excluding steroid dienone is 1. The van der Waals surface area contributed by atoms with Gasteiger partial charge in [-0.3, -0.25) is 9.48 Å². The van der Waals surface area contributed by atoms with Gasteiger partial charge in [0.05, 0.1) is 18.9 Å². The number of hydrogen-bond acceptors (Lipinski definition) is 3. The van der Waals surface area contributed by atoms with E-state index in [2.05, 4.69) is 5.10 Å². The summed E-state index contributed by atoms with van der Waals surface area (Å²) in [5.41, 5.74) is 1.54. The Bertz CT molecular complexity index is 568. The number of carbonyl (C=O) groups is 1. The Morgan fingerprint density at radius 2 is 2.06 bits per heavy atom. The number of rotatable bonds is 4. The molecule has 1 heterocycles. The quantitative estimate of drug-likeness (QED) is 0.610. The molecule has 0 radical (unpaired) electrons. The molecule has 0 saturated carbocycles. The van der Waals surface area contributed by atoms with Crippen molar-refractivity contribution in [2.75, 3.05) is 7.11 Å². The highest BCUT2D eigenvalue weighted by Gasteiger charge is 2.03. The van der Waals surface area contributed by atoms with Gasteiger partial charge in [-0.1, -0.05) is 18.2 Å². The van der Waals surface area contributed by atoms with E-state index in [-0.39, 0.29) is 5.78 Å². The number of ketones is 1. The lowest BCUT2D eigenvalue weighted by molar-refractivity contribution is 0.104. The van der Waals surface area contributed by atoms with Crippen LogP contribution in [0.2, 0.25) is 0 Å². The second-order valence-electron chi connectivity index (χ2n) is 3.87. The van der Waals surface area contributed by atoms with E-state index in [0.29, 0.717) is 5.56 Å². The summed E-state index contributed by atoms with van der Waals surface area (Å²) in [5, 5.41) is 3.96. The van der Waals surface area contributed by atoms with Gasteiger partial charge in [0.15, 0.2) is 5.78 Å². The van der Waals surface area contributed by atoms with Crippen LogP contribution in [-0.4, -0.2) is 22.7 Å². The van der Waals surface area contributed by atoms with E-state index in [0.717, 1.165) is 11.3 Å². The third-order valence-corrected chi connectivity index (χ3v) is 2.53. The van der Waals surface area contributed by atoms with Crippen molar-refractivity contribution in [3.63, 3.8) is 0 Å². The third kappa shape index (κ3) is 2.85. The predicted molar refractivity (Wildman–Crippen MR) is 69.6 cm³/mol. The molecular formula is C14H14N2O2. The molecule has 0 bridgehead atoms. The van der Waals surface area contributed by atoms with Crippen LogP contribution in [0.4, 0.5) is 0 Å². The van der Waals surface area contributed by atoms with Crippen LogP contribution < -0.4 is 4.74 Å². The molecule has 0 aliphatic carbocycles. The highest BCUT2D eigenvalue weighted by Crippen LogP contribution is 2.12. The summed E-state index contributed by atoms with van der Waals surface area (Å²) in [6.07, 6.45) is 6.56. The smallest absolute Gasteiger partial charge is 0.189 e. The van der Waals surface area contributed by atoms with Gasteiger partial charge in [0.1, 0.15) is 5.75 Å². The highest BCUT2D eigenvalue weighted by molar-refractivity contribution is 6.06. The number of benzene rings is 1. The number of hydrogen-bond donors (Lipinski definition) is 0. The average Bonchev–Trinajstić information content (AvgIpc) is 2.83. The van der Waals surface area contributed by atoms with Crippen molar-refractivity contribution < 1.29 is 9.53 Å². The Balaban J connectivity index is 2.08. The van der Waals surface area contributed by atoms with Crippen molar-refractivity contribution in [3.8, 4) is 5.75 Å². The third-order valence-electron chi connectivity index (χ3n) is 2.53. The molecule has 0 saturated heterocycles. The Morgan fingerprint density at radius 3 is 2.61 bits per heavy atom. The topological polar surface area (TPSA) is 44.1 Å². The van der Waals surface area contributed by atoms with E-state index >= 15 is 0 Å². The minimum Gasteiger partial charge on any atom is -0.497 e. The van der Waals surface area contributed by atoms with Crippen LogP contribution in [-0.2, 0) is 7.05 Å². The standard InChI is InChI=1S/C14H14N2O2/c1-16-10-12(9-15-16)14(17)8-5-11-3-6-13(18-2)7-4-11/h3-10H,1-2H3/b8-5+. The number of ether oxygens (including phenoxy) is 1. The van der Waals surface area contributed by atoms with Crippen LogP contribution in [0.1, 0.15) is 15.9 Å². The molecule has 0 aliphatic rings. The summed E-state index contributed by atoms with van der Waals surface area (Å²) in [6, 6.07) is 7.50. The van der Waals surface area contributed by atoms with Crippen molar-refractivity contribution >= 4 is 11.9 Å². The van der Waals surface area contributed by atoms with Gasteiger partial charge < -0.3 is 4.74 Å². The summed E-state index contributed by atoms with van der Waals surface area (Å²) in [4.78, 5) is 11.8. The fourth-order valence-electron chi connectivity index (χ4n) is 1.53. The lowest BCUT2D eigenvalue weighted by atomic mass is 10.1. The number of methoxy groups -OCH3 is 1. The van der Waals surface area contributed by atoms with E-state index in [9.17, 15) is 4.79 Å². The highest BCUT2D eigenvalue weighted by atomic mass is 16.5. The number of carbonyl (C=O) groups excluding carboxylic acids is 1. The lowest BCUT2D eigenvalue weighted by Gasteiger charge is -1.98. The molecular weight excluding hydrogens is 228 g/mol. The largest absolute Gasteiger partial charge is 0.497 e. The minimum absolute atomic E-state index is 0.0566. The molecule has 1 aromatic heterocycles. The molecule has 0 spiro atoms. The summed E-state index contributed by atoms with van der Waals surface area (Å²) in [6.45, 7) is 0. The second kappa shape index (κ2) is 5.31. The molecule has 0 atom stereocenters. The maximum atomic E-state index is 11.8. The van der Waals surface area contributed by atoms with Gasteiger partial charge >= 0.3 is 0 Å². The number of aryl methyl sites for hydroxylation is 1. The minimum atomic E-state index is -0.0566. The molecule has 2 aromatic rings. The van der Waals surface area contributed by atoms with E-state index in [1.54, 1.807) is 43.4 Å². The SMILES string of the molecule is COc1ccc(/C=C/C(=O)c2cnn(C)c2)cc1. The first-order chi connectivity index (χ1) is 8.69. The molecule has 4 heteroatoms. The zero-order valence-corrected chi connectivity index (χ0v) is 10.3. The molecule has 4 nitrogen and oxygen atoms in total. The van der Waals surface area contributed by atoms with Crippen molar-refractivity contribution in [1.82, 2.24) is 9.78 Å². The first kappa shape index (κ1) is 12.1. The van der Waals surface area contributed by atoms with Crippen molar-refractivity contribution in [2.24, 2.45) is 7.05 Å².